The van der Waals surface area contributed by atoms with Gasteiger partial charge in [-0.25, -0.2) is 9.78 Å². The van der Waals surface area contributed by atoms with Gasteiger partial charge in [-0.05, 0) is 18.1 Å². The average molecular weight is 276 g/mol. The van der Waals surface area contributed by atoms with Crippen LogP contribution in [0.15, 0.2) is 30.9 Å². The molecule has 106 valence electrons. The van der Waals surface area contributed by atoms with Gasteiger partial charge in [0.25, 0.3) is 0 Å². The molecule has 7 nitrogen and oxygen atoms in total. The van der Waals surface area contributed by atoms with Crippen LogP contribution in [0.1, 0.15) is 18.4 Å². The normalized spacial score (nSPS) is 10.4. The van der Waals surface area contributed by atoms with E-state index in [0.29, 0.717) is 19.5 Å². The smallest absolute Gasteiger partial charge is 0.315 e. The lowest BCUT2D eigenvalue weighted by Gasteiger charge is -2.07. The highest BCUT2D eigenvalue weighted by atomic mass is 16.4. The van der Waals surface area contributed by atoms with Crippen molar-refractivity contribution in [1.29, 1.82) is 0 Å². The summed E-state index contributed by atoms with van der Waals surface area (Å²) < 4.78 is 1.88. The number of carbonyl (C=O) groups excluding carboxylic acids is 1. The van der Waals surface area contributed by atoms with Gasteiger partial charge in [0.15, 0.2) is 0 Å². The van der Waals surface area contributed by atoms with Gasteiger partial charge in [-0.15, -0.1) is 0 Å². The summed E-state index contributed by atoms with van der Waals surface area (Å²) in [6.07, 6.45) is 5.82. The topological polar surface area (TPSA) is 95.7 Å². The van der Waals surface area contributed by atoms with Crippen LogP contribution in [0.5, 0.6) is 0 Å². The van der Waals surface area contributed by atoms with Crippen molar-refractivity contribution in [1.82, 2.24) is 20.0 Å². The van der Waals surface area contributed by atoms with Crippen LogP contribution in [0.25, 0.3) is 5.52 Å². The van der Waals surface area contributed by atoms with E-state index >= 15 is 0 Å². The van der Waals surface area contributed by atoms with Gasteiger partial charge < -0.3 is 20.1 Å². The van der Waals surface area contributed by atoms with Crippen molar-refractivity contribution in [3.63, 3.8) is 0 Å². The molecule has 2 aromatic heterocycles. The standard InChI is InChI=1S/C13H16N4O3/c18-12(19)2-1-5-15-13(20)16-6-10-3-4-11-7-14-9-17(11)8-10/h3-4,7-9H,1-2,5-6H2,(H,18,19)(H2,15,16,20). The number of nitrogens with zero attached hydrogens (tertiary/aromatic N) is 2. The van der Waals surface area contributed by atoms with Crippen molar-refractivity contribution >= 4 is 17.5 Å². The molecular weight excluding hydrogens is 260 g/mol. The summed E-state index contributed by atoms with van der Waals surface area (Å²) >= 11 is 0. The highest BCUT2D eigenvalue weighted by Crippen LogP contribution is 2.05. The van der Waals surface area contributed by atoms with Crippen LogP contribution in [0.2, 0.25) is 0 Å². The number of carboxylic acids is 1. The number of aromatic nitrogens is 2. The van der Waals surface area contributed by atoms with Gasteiger partial charge in [0.05, 0.1) is 18.0 Å². The molecule has 0 saturated heterocycles. The third-order valence-electron chi connectivity index (χ3n) is 2.78. The molecule has 0 bridgehead atoms. The molecule has 2 aromatic rings. The van der Waals surface area contributed by atoms with E-state index in [9.17, 15) is 9.59 Å². The number of hydrogen-bond donors (Lipinski definition) is 3. The first-order valence-corrected chi connectivity index (χ1v) is 6.29. The molecular formula is C13H16N4O3. The van der Waals surface area contributed by atoms with E-state index in [4.69, 9.17) is 5.11 Å². The molecule has 2 rings (SSSR count). The van der Waals surface area contributed by atoms with Gasteiger partial charge in [0.1, 0.15) is 0 Å². The number of rotatable bonds is 6. The minimum atomic E-state index is -0.860. The lowest BCUT2D eigenvalue weighted by Crippen LogP contribution is -2.35. The molecule has 0 aliphatic heterocycles. The van der Waals surface area contributed by atoms with Crippen LogP contribution in [-0.2, 0) is 11.3 Å². The Hall–Kier alpha value is -2.57. The van der Waals surface area contributed by atoms with Gasteiger partial charge in [0, 0.05) is 25.7 Å². The Morgan fingerprint density at radius 2 is 2.15 bits per heavy atom. The molecule has 0 aliphatic carbocycles. The highest BCUT2D eigenvalue weighted by Gasteiger charge is 2.02. The Bertz CT molecular complexity index is 608. The largest absolute Gasteiger partial charge is 0.481 e. The number of carbonyl (C=O) groups is 2. The highest BCUT2D eigenvalue weighted by molar-refractivity contribution is 5.74. The Labute approximate surface area is 115 Å². The minimum Gasteiger partial charge on any atom is -0.481 e. The van der Waals surface area contributed by atoms with Crippen LogP contribution in [-0.4, -0.2) is 33.0 Å². The minimum absolute atomic E-state index is 0.0532. The maximum absolute atomic E-state index is 11.5. The summed E-state index contributed by atoms with van der Waals surface area (Å²) in [6.45, 7) is 0.748. The zero-order valence-electron chi connectivity index (χ0n) is 10.9. The first-order chi connectivity index (χ1) is 9.65. The molecule has 2 amide bonds. The van der Waals surface area contributed by atoms with Crippen molar-refractivity contribution in [3.8, 4) is 0 Å². The van der Waals surface area contributed by atoms with E-state index in [1.54, 1.807) is 12.5 Å². The second kappa shape index (κ2) is 6.55. The Morgan fingerprint density at radius 3 is 2.95 bits per heavy atom. The van der Waals surface area contributed by atoms with E-state index in [1.807, 2.05) is 22.7 Å². The summed E-state index contributed by atoms with van der Waals surface area (Å²) in [5, 5.41) is 13.8. The summed E-state index contributed by atoms with van der Waals surface area (Å²) in [4.78, 5) is 25.8. The maximum Gasteiger partial charge on any atom is 0.315 e. The molecule has 0 saturated carbocycles. The van der Waals surface area contributed by atoms with Gasteiger partial charge in [-0.2, -0.15) is 0 Å². The number of fused-ring (bicyclic) bond motifs is 1. The van der Waals surface area contributed by atoms with E-state index in [0.717, 1.165) is 11.1 Å². The zero-order valence-corrected chi connectivity index (χ0v) is 10.9. The second-order valence-corrected chi connectivity index (χ2v) is 4.37. The molecule has 7 heteroatoms. The third-order valence-corrected chi connectivity index (χ3v) is 2.78. The van der Waals surface area contributed by atoms with Crippen molar-refractivity contribution in [2.75, 3.05) is 6.54 Å². The fourth-order valence-electron chi connectivity index (χ4n) is 1.76. The Morgan fingerprint density at radius 1 is 1.30 bits per heavy atom. The van der Waals surface area contributed by atoms with Gasteiger partial charge in [-0.3, -0.25) is 4.79 Å². The molecule has 0 unspecified atom stereocenters. The average Bonchev–Trinajstić information content (AvgIpc) is 2.88. The number of nitrogens with one attached hydrogen (secondary N) is 2. The number of aliphatic carboxylic acids is 1. The molecule has 0 atom stereocenters. The molecule has 0 aliphatic rings. The lowest BCUT2D eigenvalue weighted by atomic mass is 10.2. The van der Waals surface area contributed by atoms with Gasteiger partial charge >= 0.3 is 12.0 Å². The van der Waals surface area contributed by atoms with Gasteiger partial charge in [-0.1, -0.05) is 6.07 Å². The fourth-order valence-corrected chi connectivity index (χ4v) is 1.76. The van der Waals surface area contributed by atoms with E-state index in [2.05, 4.69) is 15.6 Å². The summed E-state index contributed by atoms with van der Waals surface area (Å²) in [5.41, 5.74) is 1.95. The summed E-state index contributed by atoms with van der Waals surface area (Å²) in [7, 11) is 0. The molecule has 0 fully saturated rings. The first-order valence-electron chi connectivity index (χ1n) is 6.29. The van der Waals surface area contributed by atoms with Crippen LogP contribution < -0.4 is 10.6 Å². The monoisotopic (exact) mass is 276 g/mol. The molecule has 0 spiro atoms. The predicted octanol–water partition coefficient (Wildman–Crippen LogP) is 0.998. The van der Waals surface area contributed by atoms with Crippen LogP contribution >= 0.6 is 0 Å². The van der Waals surface area contributed by atoms with E-state index in [-0.39, 0.29) is 12.5 Å². The number of hydrogen-bond acceptors (Lipinski definition) is 3. The van der Waals surface area contributed by atoms with E-state index < -0.39 is 5.97 Å². The van der Waals surface area contributed by atoms with Crippen LogP contribution in [0.3, 0.4) is 0 Å². The van der Waals surface area contributed by atoms with Gasteiger partial charge in [0.2, 0.25) is 0 Å². The van der Waals surface area contributed by atoms with Crippen molar-refractivity contribution in [2.24, 2.45) is 0 Å². The summed E-state index contributed by atoms with van der Waals surface area (Å²) in [6, 6.07) is 3.54. The molecule has 0 aromatic carbocycles. The van der Waals surface area contributed by atoms with Crippen LogP contribution in [0, 0.1) is 0 Å². The van der Waals surface area contributed by atoms with E-state index in [1.165, 1.54) is 0 Å². The first kappa shape index (κ1) is 13.9. The zero-order chi connectivity index (χ0) is 14.4. The van der Waals surface area contributed by atoms with Crippen molar-refractivity contribution in [2.45, 2.75) is 19.4 Å². The fraction of sp³-hybridized carbons (Fsp3) is 0.308. The predicted molar refractivity (Wildman–Crippen MR) is 72.3 cm³/mol. The molecule has 2 heterocycles. The number of amides is 2. The lowest BCUT2D eigenvalue weighted by molar-refractivity contribution is -0.137. The molecule has 0 radical (unpaired) electrons. The number of carboxylic acid groups (broad SMARTS) is 1. The molecule has 20 heavy (non-hydrogen) atoms. The third kappa shape index (κ3) is 3.98. The molecule has 3 N–H and O–H groups in total. The van der Waals surface area contributed by atoms with Crippen LogP contribution in [0.4, 0.5) is 4.79 Å². The number of urea groups is 1. The number of pyridine rings is 1. The quantitative estimate of drug-likeness (QED) is 0.686. The summed E-state index contributed by atoms with van der Waals surface area (Å²) in [5.74, 6) is -0.860. The Balaban J connectivity index is 1.73. The maximum atomic E-state index is 11.5. The van der Waals surface area contributed by atoms with Crippen molar-refractivity contribution < 1.29 is 14.7 Å². The van der Waals surface area contributed by atoms with Crippen molar-refractivity contribution in [3.05, 3.63) is 36.4 Å². The number of imidazole rings is 1. The second-order valence-electron chi connectivity index (χ2n) is 4.37. The SMILES string of the molecule is O=C(O)CCCNC(=O)NCc1ccc2cncn2c1. The Kier molecular flexibility index (Phi) is 4.54.